The van der Waals surface area contributed by atoms with Gasteiger partial charge in [0.2, 0.25) is 0 Å². The third-order valence-electron chi connectivity index (χ3n) is 6.67. The summed E-state index contributed by atoms with van der Waals surface area (Å²) >= 11 is 0. The highest BCUT2D eigenvalue weighted by molar-refractivity contribution is 6.14. The lowest BCUT2D eigenvalue weighted by atomic mass is 9.94. The van der Waals surface area contributed by atoms with Crippen LogP contribution in [0.25, 0.3) is 0 Å². The van der Waals surface area contributed by atoms with Crippen LogP contribution in [0.1, 0.15) is 36.5 Å². The van der Waals surface area contributed by atoms with E-state index in [1.54, 1.807) is 21.3 Å². The second kappa shape index (κ2) is 10.3. The van der Waals surface area contributed by atoms with Crippen LogP contribution < -0.4 is 20.1 Å². The van der Waals surface area contributed by atoms with Crippen molar-refractivity contribution in [3.8, 4) is 11.5 Å². The number of likely N-dealkylation sites (tertiary alicyclic amines) is 1. The van der Waals surface area contributed by atoms with Gasteiger partial charge < -0.3 is 25.0 Å². The maximum atomic E-state index is 12.6. The number of methoxy groups -OCH3 is 2. The number of anilines is 1. The van der Waals surface area contributed by atoms with Crippen molar-refractivity contribution in [3.05, 3.63) is 53.1 Å². The summed E-state index contributed by atoms with van der Waals surface area (Å²) in [5, 5.41) is 12.7. The van der Waals surface area contributed by atoms with Crippen molar-refractivity contribution in [2.45, 2.75) is 38.3 Å². The van der Waals surface area contributed by atoms with Gasteiger partial charge >= 0.3 is 6.03 Å². The van der Waals surface area contributed by atoms with E-state index in [1.165, 1.54) is 5.01 Å². The molecule has 1 atom stereocenters. The van der Waals surface area contributed by atoms with E-state index in [2.05, 4.69) is 46.8 Å². The molecule has 0 aromatic heterocycles. The molecule has 2 aliphatic heterocycles. The number of rotatable bonds is 5. The summed E-state index contributed by atoms with van der Waals surface area (Å²) in [4.78, 5) is 15.0. The number of benzene rings is 2. The van der Waals surface area contributed by atoms with E-state index in [1.807, 2.05) is 19.1 Å². The number of nitrogens with one attached hydrogen (secondary N) is 2. The summed E-state index contributed by atoms with van der Waals surface area (Å²) in [5.74, 6) is 1.30. The Morgan fingerprint density at radius 3 is 2.32 bits per heavy atom. The largest absolute Gasteiger partial charge is 0.493 e. The second-order valence-electron chi connectivity index (χ2n) is 9.07. The summed E-state index contributed by atoms with van der Waals surface area (Å²) in [6, 6.07) is 12.4. The number of piperidine rings is 1. The molecule has 0 spiro atoms. The first-order valence-electron chi connectivity index (χ1n) is 11.8. The highest BCUT2D eigenvalue weighted by atomic mass is 16.5. The van der Waals surface area contributed by atoms with Gasteiger partial charge in [0, 0.05) is 29.9 Å². The van der Waals surface area contributed by atoms with Crippen LogP contribution in [-0.2, 0) is 6.42 Å². The molecule has 2 aromatic rings. The van der Waals surface area contributed by atoms with Crippen molar-refractivity contribution in [1.82, 2.24) is 15.2 Å². The summed E-state index contributed by atoms with van der Waals surface area (Å²) in [6.45, 7) is 4.22. The van der Waals surface area contributed by atoms with Crippen LogP contribution in [0.2, 0.25) is 0 Å². The summed E-state index contributed by atoms with van der Waals surface area (Å²) in [7, 11) is 7.05. The third-order valence-corrected chi connectivity index (χ3v) is 6.67. The van der Waals surface area contributed by atoms with Gasteiger partial charge in [-0.25, -0.2) is 9.80 Å². The van der Waals surface area contributed by atoms with Crippen LogP contribution in [0.5, 0.6) is 11.5 Å². The minimum Gasteiger partial charge on any atom is -0.493 e. The van der Waals surface area contributed by atoms with Gasteiger partial charge in [-0.3, -0.25) is 0 Å². The predicted octanol–water partition coefficient (Wildman–Crippen LogP) is 3.55. The number of nitrogens with zero attached hydrogens (tertiary/aromatic N) is 3. The molecule has 34 heavy (non-hydrogen) atoms. The van der Waals surface area contributed by atoms with E-state index >= 15 is 0 Å². The quantitative estimate of drug-likeness (QED) is 0.706. The number of hydrazone groups is 1. The molecule has 0 unspecified atom stereocenters. The van der Waals surface area contributed by atoms with Gasteiger partial charge in [0.15, 0.2) is 11.5 Å². The van der Waals surface area contributed by atoms with Gasteiger partial charge in [-0.1, -0.05) is 12.1 Å². The number of fused-ring (bicyclic) bond motifs is 1. The van der Waals surface area contributed by atoms with Crippen LogP contribution in [0.15, 0.2) is 41.5 Å². The molecule has 2 heterocycles. The van der Waals surface area contributed by atoms with Crippen molar-refractivity contribution in [2.24, 2.45) is 5.10 Å². The van der Waals surface area contributed by atoms with Crippen molar-refractivity contribution in [1.29, 1.82) is 0 Å². The number of carbonyl (C=O) groups excluding carboxylic acids is 1. The van der Waals surface area contributed by atoms with Gasteiger partial charge in [0.05, 0.1) is 26.0 Å². The Morgan fingerprint density at radius 2 is 1.71 bits per heavy atom. The fourth-order valence-corrected chi connectivity index (χ4v) is 4.66. The van der Waals surface area contributed by atoms with Gasteiger partial charge in [0.25, 0.3) is 0 Å². The summed E-state index contributed by atoms with van der Waals surface area (Å²) in [5.41, 5.74) is 4.76. The molecule has 0 aliphatic carbocycles. The van der Waals surface area contributed by atoms with Crippen LogP contribution in [0.4, 0.5) is 10.5 Å². The lowest BCUT2D eigenvalue weighted by molar-refractivity contribution is 0.184. The van der Waals surface area contributed by atoms with Gasteiger partial charge in [-0.15, -0.1) is 0 Å². The Hall–Kier alpha value is -3.26. The topological polar surface area (TPSA) is 78.4 Å². The Balaban J connectivity index is 1.70. The Labute approximate surface area is 201 Å². The first kappa shape index (κ1) is 23.9. The number of carbonyl (C=O) groups is 1. The van der Waals surface area contributed by atoms with Gasteiger partial charge in [0.1, 0.15) is 0 Å². The van der Waals surface area contributed by atoms with E-state index in [0.29, 0.717) is 24.0 Å². The molecule has 0 bridgehead atoms. The predicted molar refractivity (Wildman–Crippen MR) is 135 cm³/mol. The van der Waals surface area contributed by atoms with E-state index in [9.17, 15) is 4.79 Å². The number of ether oxygens (including phenoxy) is 2. The molecule has 1 saturated heterocycles. The SMILES string of the molecule is CNC(=O)N1N=C(c2ccc(NC3CCN(C)CC3)cc2)c2cc(OC)c(OC)cc2C[C@H]1C. The van der Waals surface area contributed by atoms with Crippen LogP contribution in [0.3, 0.4) is 0 Å². The minimum atomic E-state index is -0.239. The number of hydrogen-bond donors (Lipinski definition) is 2. The Morgan fingerprint density at radius 1 is 1.06 bits per heavy atom. The molecule has 182 valence electrons. The average Bonchev–Trinajstić information content (AvgIpc) is 3.00. The minimum absolute atomic E-state index is 0.125. The van der Waals surface area contributed by atoms with E-state index in [4.69, 9.17) is 14.6 Å². The average molecular weight is 466 g/mol. The molecule has 8 heteroatoms. The lowest BCUT2D eigenvalue weighted by Crippen LogP contribution is -2.41. The van der Waals surface area contributed by atoms with Crippen molar-refractivity contribution < 1.29 is 14.3 Å². The fraction of sp³-hybridized carbons (Fsp3) is 0.462. The van der Waals surface area contributed by atoms with E-state index in [0.717, 1.165) is 54.0 Å². The highest BCUT2D eigenvalue weighted by Crippen LogP contribution is 2.34. The van der Waals surface area contributed by atoms with E-state index < -0.39 is 0 Å². The molecular weight excluding hydrogens is 430 g/mol. The molecular formula is C26H35N5O3. The summed E-state index contributed by atoms with van der Waals surface area (Å²) < 4.78 is 11.1. The Bertz CT molecular complexity index is 1050. The number of urea groups is 1. The first-order chi connectivity index (χ1) is 16.4. The zero-order valence-corrected chi connectivity index (χ0v) is 20.7. The van der Waals surface area contributed by atoms with Gasteiger partial charge in [-0.2, -0.15) is 5.10 Å². The normalized spacial score (nSPS) is 19.0. The molecule has 2 N–H and O–H groups in total. The fourth-order valence-electron chi connectivity index (χ4n) is 4.66. The van der Waals surface area contributed by atoms with Crippen molar-refractivity contribution >= 4 is 17.4 Å². The first-order valence-corrected chi connectivity index (χ1v) is 11.8. The van der Waals surface area contributed by atoms with Crippen molar-refractivity contribution in [3.63, 3.8) is 0 Å². The number of hydrogen-bond acceptors (Lipinski definition) is 6. The maximum absolute atomic E-state index is 12.6. The third kappa shape index (κ3) is 4.97. The van der Waals surface area contributed by atoms with Crippen LogP contribution in [-0.4, -0.2) is 75.1 Å². The van der Waals surface area contributed by atoms with Gasteiger partial charge in [-0.05, 0) is 76.2 Å². The maximum Gasteiger partial charge on any atom is 0.337 e. The standard InChI is InChI=1S/C26H35N5O3/c1-17-14-19-15-23(33-4)24(34-5)16-22(19)25(29-31(17)26(32)27-2)18-6-8-20(9-7-18)28-21-10-12-30(3)13-11-21/h6-9,15-17,21,28H,10-14H2,1-5H3,(H,27,32)/t17-/m1/s1. The molecule has 2 aliphatic rings. The summed E-state index contributed by atoms with van der Waals surface area (Å²) in [6.07, 6.45) is 2.92. The van der Waals surface area contributed by atoms with Crippen LogP contribution in [0, 0.1) is 0 Å². The highest BCUT2D eigenvalue weighted by Gasteiger charge is 2.28. The molecule has 4 rings (SSSR count). The zero-order chi connectivity index (χ0) is 24.2. The molecule has 8 nitrogen and oxygen atoms in total. The number of amides is 2. The zero-order valence-electron chi connectivity index (χ0n) is 20.7. The molecule has 0 saturated carbocycles. The van der Waals surface area contributed by atoms with E-state index in [-0.39, 0.29) is 12.1 Å². The Kier molecular flexibility index (Phi) is 7.26. The van der Waals surface area contributed by atoms with Crippen molar-refractivity contribution in [2.75, 3.05) is 46.7 Å². The molecule has 2 aromatic carbocycles. The lowest BCUT2D eigenvalue weighted by Gasteiger charge is -2.30. The monoisotopic (exact) mass is 465 g/mol. The second-order valence-corrected chi connectivity index (χ2v) is 9.07. The smallest absolute Gasteiger partial charge is 0.337 e. The molecule has 0 radical (unpaired) electrons. The molecule has 1 fully saturated rings. The van der Waals surface area contributed by atoms with Crippen LogP contribution >= 0.6 is 0 Å². The molecule has 2 amide bonds.